The van der Waals surface area contributed by atoms with Crippen molar-refractivity contribution < 1.29 is 57.8 Å². The van der Waals surface area contributed by atoms with E-state index in [4.69, 9.17) is 29.0 Å². The third-order valence-electron chi connectivity index (χ3n) is 8.02. The molecule has 0 saturated heterocycles. The second-order valence-corrected chi connectivity index (χ2v) is 12.6. The van der Waals surface area contributed by atoms with E-state index in [9.17, 15) is 28.8 Å². The summed E-state index contributed by atoms with van der Waals surface area (Å²) < 4.78 is 9.70. The number of esters is 2. The molecule has 2 aliphatic heterocycles. The predicted octanol–water partition coefficient (Wildman–Crippen LogP) is 4.22. The summed E-state index contributed by atoms with van der Waals surface area (Å²) in [7, 11) is 0. The second kappa shape index (κ2) is 17.3. The van der Waals surface area contributed by atoms with E-state index in [0.29, 0.717) is 12.8 Å². The number of carbonyl (C=O) groups excluding carboxylic acids is 6. The molecular weight excluding hydrogens is 652 g/mol. The second-order valence-electron chi connectivity index (χ2n) is 12.6. The van der Waals surface area contributed by atoms with Gasteiger partial charge in [-0.1, -0.05) is 40.9 Å². The van der Waals surface area contributed by atoms with Crippen molar-refractivity contribution >= 4 is 46.3 Å². The van der Waals surface area contributed by atoms with Crippen LogP contribution in [0.3, 0.4) is 0 Å². The maximum absolute atomic E-state index is 14.0. The summed E-state index contributed by atoms with van der Waals surface area (Å²) in [6.07, 6.45) is 2.84. The number of hydrogen-bond acceptors (Lipinski definition) is 12. The lowest BCUT2D eigenvalue weighted by atomic mass is 9.84. The van der Waals surface area contributed by atoms with Crippen molar-refractivity contribution in [3.63, 3.8) is 0 Å². The minimum absolute atomic E-state index is 0.0682. The Bertz CT molecular complexity index is 1470. The zero-order chi connectivity index (χ0) is 36.5. The molecule has 2 unspecified atom stereocenters. The summed E-state index contributed by atoms with van der Waals surface area (Å²) >= 11 is 0. The van der Waals surface area contributed by atoms with Crippen LogP contribution in [0.4, 0.5) is 0 Å². The van der Waals surface area contributed by atoms with Crippen LogP contribution in [0, 0.1) is 11.8 Å². The zero-order valence-electron chi connectivity index (χ0n) is 28.6. The topological polar surface area (TPSA) is 164 Å². The van der Waals surface area contributed by atoms with Crippen LogP contribution >= 0.6 is 0 Å². The van der Waals surface area contributed by atoms with E-state index in [0.717, 1.165) is 22.0 Å². The summed E-state index contributed by atoms with van der Waals surface area (Å²) in [5, 5.41) is 0.484. The highest BCUT2D eigenvalue weighted by Crippen LogP contribution is 2.39. The van der Waals surface area contributed by atoms with Gasteiger partial charge in [-0.15, -0.1) is 0 Å². The maximum Gasteiger partial charge on any atom is 0.330 e. The SMILES string of the molecule is C=CC(=O)OCCOOCC(CC(C)C)N1C(=O)c2ccc3c4c(ccc(c24)C1=O)C(=O)N(C(COOCCOC(=O)C=C)CC(C)C)C3=O. The van der Waals surface area contributed by atoms with Crippen LogP contribution in [0.15, 0.2) is 49.6 Å². The smallest absolute Gasteiger partial charge is 0.330 e. The number of imide groups is 2. The molecule has 0 radical (unpaired) electrons. The highest BCUT2D eigenvalue weighted by molar-refractivity contribution is 6.33. The van der Waals surface area contributed by atoms with E-state index < -0.39 is 47.7 Å². The lowest BCUT2D eigenvalue weighted by molar-refractivity contribution is -0.303. The van der Waals surface area contributed by atoms with Gasteiger partial charge in [0.25, 0.3) is 23.6 Å². The standard InChI is InChI=1S/C36H42N2O12/c1-7-29(39)45-13-15-47-49-19-23(17-21(3)4)37-33(41)25-9-11-27-32-28(12-10-26(31(25)32)34(37)42)36(44)38(35(27)43)24(18-22(5)6)20-50-48-16-14-46-30(40)8-2/h7-12,21-24H,1-2,13-20H2,3-6H3. The minimum atomic E-state index is -0.715. The first kappa shape index (κ1) is 38.0. The average molecular weight is 695 g/mol. The van der Waals surface area contributed by atoms with Crippen molar-refractivity contribution in [3.05, 3.63) is 71.8 Å². The number of benzene rings is 2. The molecule has 0 saturated carbocycles. The molecule has 14 nitrogen and oxygen atoms in total. The summed E-state index contributed by atoms with van der Waals surface area (Å²) in [6.45, 7) is 13.8. The van der Waals surface area contributed by atoms with Crippen molar-refractivity contribution in [3.8, 4) is 0 Å². The van der Waals surface area contributed by atoms with Gasteiger partial charge in [0.05, 0.1) is 12.1 Å². The molecule has 2 aliphatic rings. The van der Waals surface area contributed by atoms with Gasteiger partial charge >= 0.3 is 11.9 Å². The third kappa shape index (κ3) is 8.51. The third-order valence-corrected chi connectivity index (χ3v) is 8.02. The molecule has 14 heteroatoms. The Balaban J connectivity index is 1.57. The molecule has 0 bridgehead atoms. The zero-order valence-corrected chi connectivity index (χ0v) is 28.6. The molecule has 0 spiro atoms. The molecule has 2 aromatic rings. The molecule has 2 heterocycles. The molecule has 0 aliphatic carbocycles. The van der Waals surface area contributed by atoms with Crippen LogP contribution in [0.1, 0.15) is 82.0 Å². The number of hydrogen-bond donors (Lipinski definition) is 0. The maximum atomic E-state index is 14.0. The first-order valence-electron chi connectivity index (χ1n) is 16.3. The van der Waals surface area contributed by atoms with Crippen molar-refractivity contribution in [1.29, 1.82) is 0 Å². The molecule has 0 aromatic heterocycles. The van der Waals surface area contributed by atoms with Gasteiger partial charge in [0.1, 0.15) is 39.6 Å². The van der Waals surface area contributed by atoms with E-state index in [2.05, 4.69) is 13.2 Å². The van der Waals surface area contributed by atoms with Gasteiger partial charge in [0.2, 0.25) is 0 Å². The molecule has 4 rings (SSSR count). The van der Waals surface area contributed by atoms with Gasteiger partial charge < -0.3 is 9.47 Å². The molecule has 2 atom stereocenters. The van der Waals surface area contributed by atoms with Gasteiger partial charge in [-0.3, -0.25) is 29.0 Å². The van der Waals surface area contributed by atoms with Crippen LogP contribution in [-0.2, 0) is 38.6 Å². The summed E-state index contributed by atoms with van der Waals surface area (Å²) in [4.78, 5) is 102. The Morgan fingerprint density at radius 2 is 0.900 bits per heavy atom. The van der Waals surface area contributed by atoms with Crippen molar-refractivity contribution in [2.24, 2.45) is 11.8 Å². The van der Waals surface area contributed by atoms with Gasteiger partial charge in [0, 0.05) is 45.2 Å². The monoisotopic (exact) mass is 694 g/mol. The van der Waals surface area contributed by atoms with E-state index in [1.807, 2.05) is 27.7 Å². The van der Waals surface area contributed by atoms with Crippen LogP contribution in [0.2, 0.25) is 0 Å². The molecular formula is C36H42N2O12. The molecule has 50 heavy (non-hydrogen) atoms. The Hall–Kier alpha value is -4.76. The van der Waals surface area contributed by atoms with Crippen molar-refractivity contribution in [2.45, 2.75) is 52.6 Å². The average Bonchev–Trinajstić information content (AvgIpc) is 3.08. The molecule has 4 amide bonds. The summed E-state index contributed by atoms with van der Waals surface area (Å²) in [5.41, 5.74) is 0.696. The fourth-order valence-corrected chi connectivity index (χ4v) is 6.00. The van der Waals surface area contributed by atoms with Crippen LogP contribution in [0.5, 0.6) is 0 Å². The molecule has 0 N–H and O–H groups in total. The van der Waals surface area contributed by atoms with E-state index >= 15 is 0 Å². The molecule has 2 aromatic carbocycles. The highest BCUT2D eigenvalue weighted by atomic mass is 17.2. The Morgan fingerprint density at radius 3 is 1.18 bits per heavy atom. The van der Waals surface area contributed by atoms with Gasteiger partial charge in [-0.2, -0.15) is 0 Å². The van der Waals surface area contributed by atoms with Gasteiger partial charge in [-0.05, 0) is 48.9 Å². The van der Waals surface area contributed by atoms with E-state index in [1.54, 1.807) is 0 Å². The Kier molecular flexibility index (Phi) is 13.1. The number of rotatable bonds is 20. The predicted molar refractivity (Wildman–Crippen MR) is 178 cm³/mol. The molecule has 0 fully saturated rings. The number of ether oxygens (including phenoxy) is 2. The number of nitrogens with zero attached hydrogens (tertiary/aromatic N) is 2. The van der Waals surface area contributed by atoms with E-state index in [-0.39, 0.29) is 84.5 Å². The Labute approximate surface area is 289 Å². The lowest BCUT2D eigenvalue weighted by Crippen LogP contribution is -2.51. The minimum Gasteiger partial charge on any atom is -0.460 e. The normalized spacial score (nSPS) is 15.2. The first-order chi connectivity index (χ1) is 23.9. The molecule has 268 valence electrons. The first-order valence-corrected chi connectivity index (χ1v) is 16.3. The summed E-state index contributed by atoms with van der Waals surface area (Å²) in [5.74, 6) is -3.45. The number of amides is 4. The van der Waals surface area contributed by atoms with Crippen LogP contribution in [0.25, 0.3) is 10.8 Å². The van der Waals surface area contributed by atoms with Crippen LogP contribution < -0.4 is 0 Å². The highest BCUT2D eigenvalue weighted by Gasteiger charge is 2.43. The number of carbonyl (C=O) groups is 6. The van der Waals surface area contributed by atoms with Gasteiger partial charge in [-0.25, -0.2) is 29.1 Å². The fraction of sp³-hybridized carbons (Fsp3) is 0.444. The largest absolute Gasteiger partial charge is 0.460 e. The Morgan fingerprint density at radius 1 is 0.580 bits per heavy atom. The van der Waals surface area contributed by atoms with Gasteiger partial charge in [0.15, 0.2) is 0 Å². The van der Waals surface area contributed by atoms with Crippen LogP contribution in [-0.4, -0.2) is 97.1 Å². The quantitative estimate of drug-likeness (QED) is 0.0485. The summed E-state index contributed by atoms with van der Waals surface area (Å²) in [6, 6.07) is 4.56. The fourth-order valence-electron chi connectivity index (χ4n) is 6.00. The van der Waals surface area contributed by atoms with Crippen molar-refractivity contribution in [1.82, 2.24) is 9.80 Å². The van der Waals surface area contributed by atoms with Crippen molar-refractivity contribution in [2.75, 3.05) is 39.6 Å². The lowest BCUT2D eigenvalue weighted by Gasteiger charge is -2.37. The van der Waals surface area contributed by atoms with E-state index in [1.165, 1.54) is 24.3 Å².